The van der Waals surface area contributed by atoms with Crippen LogP contribution in [0.2, 0.25) is 0 Å². The molecule has 1 aliphatic heterocycles. The first-order chi connectivity index (χ1) is 10.6. The van der Waals surface area contributed by atoms with E-state index in [4.69, 9.17) is 5.11 Å². The molecule has 6 heteroatoms. The predicted octanol–water partition coefficient (Wildman–Crippen LogP) is 3.24. The Labute approximate surface area is 138 Å². The van der Waals surface area contributed by atoms with Crippen LogP contribution >= 0.6 is 23.5 Å². The molecule has 22 heavy (non-hydrogen) atoms. The number of rotatable bonds is 5. The van der Waals surface area contributed by atoms with Crippen molar-refractivity contribution in [2.45, 2.75) is 29.9 Å². The molecule has 3 rings (SSSR count). The third kappa shape index (κ3) is 3.79. The van der Waals surface area contributed by atoms with Gasteiger partial charge >= 0.3 is 5.97 Å². The monoisotopic (exact) mass is 337 g/mol. The first-order valence-corrected chi connectivity index (χ1v) is 9.61. The van der Waals surface area contributed by atoms with Gasteiger partial charge in [-0.1, -0.05) is 12.1 Å². The molecule has 1 aromatic rings. The van der Waals surface area contributed by atoms with Crippen LogP contribution in [0.25, 0.3) is 0 Å². The number of carboxylic acid groups (broad SMARTS) is 1. The van der Waals surface area contributed by atoms with Crippen LogP contribution in [0.1, 0.15) is 39.8 Å². The molecule has 0 aromatic heterocycles. The molecule has 4 nitrogen and oxygen atoms in total. The second kappa shape index (κ2) is 6.96. The summed E-state index contributed by atoms with van der Waals surface area (Å²) in [7, 11) is 0. The summed E-state index contributed by atoms with van der Waals surface area (Å²) in [5.74, 6) is 1.26. The third-order valence-electron chi connectivity index (χ3n) is 3.81. The fraction of sp³-hybridized carbons (Fsp3) is 0.500. The zero-order valence-corrected chi connectivity index (χ0v) is 13.9. The van der Waals surface area contributed by atoms with E-state index in [-0.39, 0.29) is 18.5 Å². The summed E-state index contributed by atoms with van der Waals surface area (Å²) in [6.45, 7) is -0.209. The van der Waals surface area contributed by atoms with E-state index in [1.54, 1.807) is 0 Å². The molecule has 118 valence electrons. The van der Waals surface area contributed by atoms with Crippen LogP contribution < -0.4 is 0 Å². The van der Waals surface area contributed by atoms with Gasteiger partial charge in [-0.15, -0.1) is 23.5 Å². The van der Waals surface area contributed by atoms with Crippen molar-refractivity contribution >= 4 is 35.4 Å². The maximum absolute atomic E-state index is 12.5. The number of carbonyl (C=O) groups excluding carboxylic acids is 1. The maximum atomic E-state index is 12.5. The molecule has 2 aliphatic rings. The summed E-state index contributed by atoms with van der Waals surface area (Å²) in [5, 5.41) is 8.97. The van der Waals surface area contributed by atoms with Gasteiger partial charge in [-0.25, -0.2) is 0 Å². The Hall–Kier alpha value is -1.14. The summed E-state index contributed by atoms with van der Waals surface area (Å²) in [6.07, 6.45) is 3.08. The number of hydrogen-bond donors (Lipinski definition) is 1. The van der Waals surface area contributed by atoms with Gasteiger partial charge in [0.1, 0.15) is 6.54 Å². The molecule has 1 saturated heterocycles. The number of thioether (sulfide) groups is 2. The average Bonchev–Trinajstić information content (AvgIpc) is 3.38. The highest BCUT2D eigenvalue weighted by Gasteiger charge is 2.34. The van der Waals surface area contributed by atoms with E-state index in [0.29, 0.717) is 10.1 Å². The van der Waals surface area contributed by atoms with E-state index in [9.17, 15) is 9.59 Å². The maximum Gasteiger partial charge on any atom is 0.323 e. The van der Waals surface area contributed by atoms with Gasteiger partial charge in [-0.2, -0.15) is 0 Å². The van der Waals surface area contributed by atoms with E-state index in [2.05, 4.69) is 0 Å². The van der Waals surface area contributed by atoms with Gasteiger partial charge in [0.25, 0.3) is 5.91 Å². The van der Waals surface area contributed by atoms with Crippen LogP contribution in [-0.2, 0) is 4.79 Å². The summed E-state index contributed by atoms with van der Waals surface area (Å²) >= 11 is 3.90. The molecule has 2 fully saturated rings. The lowest BCUT2D eigenvalue weighted by Crippen LogP contribution is -2.37. The molecule has 0 spiro atoms. The quantitative estimate of drug-likeness (QED) is 0.894. The van der Waals surface area contributed by atoms with Gasteiger partial charge in [0.2, 0.25) is 0 Å². The summed E-state index contributed by atoms with van der Waals surface area (Å²) < 4.78 is 0.455. The van der Waals surface area contributed by atoms with Gasteiger partial charge in [-0.3, -0.25) is 9.59 Å². The average molecular weight is 337 g/mol. The molecule has 1 aromatic carbocycles. The van der Waals surface area contributed by atoms with Crippen LogP contribution in [0, 0.1) is 0 Å². The second-order valence-electron chi connectivity index (χ2n) is 5.61. The number of benzene rings is 1. The van der Waals surface area contributed by atoms with Crippen molar-refractivity contribution in [2.24, 2.45) is 0 Å². The van der Waals surface area contributed by atoms with Crippen molar-refractivity contribution in [3.63, 3.8) is 0 Å². The van der Waals surface area contributed by atoms with Crippen molar-refractivity contribution in [1.82, 2.24) is 4.90 Å². The van der Waals surface area contributed by atoms with Crippen molar-refractivity contribution < 1.29 is 14.7 Å². The van der Waals surface area contributed by atoms with Crippen LogP contribution in [0.3, 0.4) is 0 Å². The third-order valence-corrected chi connectivity index (χ3v) is 6.83. The number of aliphatic carboxylic acids is 1. The molecule has 0 radical (unpaired) electrons. The molecule has 1 amide bonds. The Morgan fingerprint density at radius 1 is 1.14 bits per heavy atom. The molecule has 1 saturated carbocycles. The molecule has 0 unspecified atom stereocenters. The molecule has 1 N–H and O–H groups in total. The number of carboxylic acids is 1. The number of hydrogen-bond acceptors (Lipinski definition) is 4. The normalized spacial score (nSPS) is 18.9. The Balaban J connectivity index is 1.70. The zero-order chi connectivity index (χ0) is 15.5. The highest BCUT2D eigenvalue weighted by molar-refractivity contribution is 8.16. The van der Waals surface area contributed by atoms with E-state index in [0.717, 1.165) is 12.8 Å². The topological polar surface area (TPSA) is 57.6 Å². The molecule has 1 aliphatic carbocycles. The van der Waals surface area contributed by atoms with Gasteiger partial charge in [0, 0.05) is 11.6 Å². The zero-order valence-electron chi connectivity index (χ0n) is 12.2. The first-order valence-electron chi connectivity index (χ1n) is 7.51. The van der Waals surface area contributed by atoms with Crippen LogP contribution in [0.5, 0.6) is 0 Å². The second-order valence-corrected chi connectivity index (χ2v) is 8.33. The van der Waals surface area contributed by atoms with Gasteiger partial charge < -0.3 is 10.0 Å². The van der Waals surface area contributed by atoms with Gasteiger partial charge in [0.05, 0.1) is 4.58 Å². The smallest absolute Gasteiger partial charge is 0.323 e. The number of nitrogens with zero attached hydrogens (tertiary/aromatic N) is 1. The van der Waals surface area contributed by atoms with E-state index >= 15 is 0 Å². The first kappa shape index (κ1) is 15.7. The van der Waals surface area contributed by atoms with Crippen LogP contribution in [-0.4, -0.2) is 46.0 Å². The van der Waals surface area contributed by atoms with E-state index < -0.39 is 5.97 Å². The van der Waals surface area contributed by atoms with Crippen molar-refractivity contribution in [3.8, 4) is 0 Å². The summed E-state index contributed by atoms with van der Waals surface area (Å²) in [4.78, 5) is 24.9. The Bertz CT molecular complexity index is 551. The minimum atomic E-state index is -0.952. The van der Waals surface area contributed by atoms with Crippen molar-refractivity contribution in [3.05, 3.63) is 35.4 Å². The largest absolute Gasteiger partial charge is 0.480 e. The van der Waals surface area contributed by atoms with E-state index in [1.165, 1.54) is 28.4 Å². The summed E-state index contributed by atoms with van der Waals surface area (Å²) in [5.41, 5.74) is 1.82. The molecule has 0 bridgehead atoms. The Morgan fingerprint density at radius 2 is 1.77 bits per heavy atom. The Morgan fingerprint density at radius 3 is 2.32 bits per heavy atom. The van der Waals surface area contributed by atoms with Crippen LogP contribution in [0.15, 0.2) is 24.3 Å². The highest BCUT2D eigenvalue weighted by Crippen LogP contribution is 2.43. The fourth-order valence-electron chi connectivity index (χ4n) is 2.53. The summed E-state index contributed by atoms with van der Waals surface area (Å²) in [6, 6.07) is 7.80. The molecule has 1 heterocycles. The minimum Gasteiger partial charge on any atom is -0.480 e. The highest BCUT2D eigenvalue weighted by atomic mass is 32.2. The Kier molecular flexibility index (Phi) is 4.98. The predicted molar refractivity (Wildman–Crippen MR) is 90.4 cm³/mol. The standard InChI is InChI=1S/C16H19NO3S2/c18-14(19)10-17(13-6-7-13)15(20)11-2-4-12(5-3-11)16-21-8-1-9-22-16/h2-5,13,16H,1,6-10H2,(H,18,19). The van der Waals surface area contributed by atoms with Gasteiger partial charge in [-0.05, 0) is 48.5 Å². The number of amides is 1. The minimum absolute atomic E-state index is 0.104. The number of carbonyl (C=O) groups is 2. The lowest BCUT2D eigenvalue weighted by atomic mass is 10.1. The van der Waals surface area contributed by atoms with Crippen molar-refractivity contribution in [1.29, 1.82) is 0 Å². The lowest BCUT2D eigenvalue weighted by Gasteiger charge is -2.22. The fourth-order valence-corrected chi connectivity index (χ4v) is 5.42. The van der Waals surface area contributed by atoms with Crippen molar-refractivity contribution in [2.75, 3.05) is 18.1 Å². The van der Waals surface area contributed by atoms with E-state index in [1.807, 2.05) is 47.8 Å². The lowest BCUT2D eigenvalue weighted by molar-refractivity contribution is -0.137. The molecule has 0 atom stereocenters. The molecular weight excluding hydrogens is 318 g/mol. The van der Waals surface area contributed by atoms with Gasteiger partial charge in [0.15, 0.2) is 0 Å². The van der Waals surface area contributed by atoms with Crippen LogP contribution in [0.4, 0.5) is 0 Å². The molecular formula is C16H19NO3S2. The SMILES string of the molecule is O=C(O)CN(C(=O)c1ccc(C2SCCCS2)cc1)C1CC1.